The van der Waals surface area contributed by atoms with Gasteiger partial charge in [0.15, 0.2) is 0 Å². The molecule has 0 N–H and O–H groups in total. The van der Waals surface area contributed by atoms with Crippen LogP contribution in [0.3, 0.4) is 0 Å². The number of hydrogen-bond donors (Lipinski definition) is 0. The van der Waals surface area contributed by atoms with Crippen molar-refractivity contribution in [3.05, 3.63) is 58.7 Å². The number of isocyanates is 2. The molecule has 0 spiro atoms. The van der Waals surface area contributed by atoms with Gasteiger partial charge in [-0.05, 0) is 53.6 Å². The van der Waals surface area contributed by atoms with Crippen molar-refractivity contribution < 1.29 is 9.59 Å². The number of hydrogen-bond acceptors (Lipinski definition) is 4. The van der Waals surface area contributed by atoms with Gasteiger partial charge in [0.25, 0.3) is 0 Å². The molecule has 0 aliphatic carbocycles. The van der Waals surface area contributed by atoms with Crippen LogP contribution in [-0.2, 0) is 22.4 Å². The fourth-order valence-electron chi connectivity index (χ4n) is 3.19. The summed E-state index contributed by atoms with van der Waals surface area (Å²) in [6.45, 7) is 6.24. The molecule has 0 unspecified atom stereocenters. The Labute approximate surface area is 148 Å². The van der Waals surface area contributed by atoms with Gasteiger partial charge in [0.2, 0.25) is 12.2 Å². The van der Waals surface area contributed by atoms with E-state index in [0.29, 0.717) is 11.4 Å². The Kier molecular flexibility index (Phi) is 6.59. The average molecular weight is 334 g/mol. The van der Waals surface area contributed by atoms with Crippen molar-refractivity contribution in [2.75, 3.05) is 0 Å². The van der Waals surface area contributed by atoms with E-state index in [-0.39, 0.29) is 5.92 Å². The summed E-state index contributed by atoms with van der Waals surface area (Å²) in [6, 6.07) is 12.0. The molecule has 0 aliphatic heterocycles. The maximum atomic E-state index is 10.6. The first-order valence-corrected chi connectivity index (χ1v) is 8.59. The van der Waals surface area contributed by atoms with Crippen molar-refractivity contribution in [3.63, 3.8) is 0 Å². The van der Waals surface area contributed by atoms with Crippen LogP contribution in [0.25, 0.3) is 0 Å². The number of benzene rings is 2. The van der Waals surface area contributed by atoms with Crippen molar-refractivity contribution in [3.8, 4) is 0 Å². The van der Waals surface area contributed by atoms with E-state index < -0.39 is 0 Å². The van der Waals surface area contributed by atoms with E-state index in [9.17, 15) is 9.59 Å². The molecule has 0 saturated carbocycles. The van der Waals surface area contributed by atoms with E-state index in [4.69, 9.17) is 0 Å². The first-order chi connectivity index (χ1) is 12.2. The second-order valence-electron chi connectivity index (χ2n) is 5.85. The minimum absolute atomic E-state index is 0.235. The summed E-state index contributed by atoms with van der Waals surface area (Å²) in [7, 11) is 0. The highest BCUT2D eigenvalue weighted by Gasteiger charge is 2.15. The summed E-state index contributed by atoms with van der Waals surface area (Å²) in [5, 5.41) is 0. The Balaban J connectivity index is 2.49. The molecule has 0 fully saturated rings. The molecule has 128 valence electrons. The van der Waals surface area contributed by atoms with Gasteiger partial charge in [0.05, 0.1) is 11.4 Å². The number of aryl methyl sites for hydroxylation is 2. The molecule has 0 atom stereocenters. The molecule has 0 amide bonds. The van der Waals surface area contributed by atoms with Gasteiger partial charge >= 0.3 is 0 Å². The second kappa shape index (κ2) is 8.89. The van der Waals surface area contributed by atoms with E-state index in [0.717, 1.165) is 30.4 Å². The number of nitrogens with zero attached hydrogens (tertiary/aromatic N) is 2. The third-order valence-corrected chi connectivity index (χ3v) is 4.51. The first-order valence-electron chi connectivity index (χ1n) is 8.59. The molecule has 4 nitrogen and oxygen atoms in total. The molecule has 0 heterocycles. The fraction of sp³-hybridized carbons (Fsp3) is 0.333. The molecular formula is C21H22N2O2. The molecular weight excluding hydrogens is 312 g/mol. The predicted molar refractivity (Wildman–Crippen MR) is 99.3 cm³/mol. The Morgan fingerprint density at radius 3 is 1.56 bits per heavy atom. The van der Waals surface area contributed by atoms with Gasteiger partial charge in [0, 0.05) is 5.92 Å². The van der Waals surface area contributed by atoms with Crippen molar-refractivity contribution in [1.29, 1.82) is 0 Å². The van der Waals surface area contributed by atoms with Gasteiger partial charge in [-0.3, -0.25) is 0 Å². The number of carbonyl (C=O) groups excluding carboxylic acids is 2. The predicted octanol–water partition coefficient (Wildman–Crippen LogP) is 5.29. The zero-order chi connectivity index (χ0) is 18.2. The van der Waals surface area contributed by atoms with Crippen LogP contribution < -0.4 is 0 Å². The molecule has 2 rings (SSSR count). The van der Waals surface area contributed by atoms with Crippen molar-refractivity contribution in [1.82, 2.24) is 0 Å². The lowest BCUT2D eigenvalue weighted by molar-refractivity contribution is 0.564. The molecule has 0 radical (unpaired) electrons. The number of rotatable bonds is 7. The minimum atomic E-state index is 0.235. The SMILES string of the molecule is CCc1cc(C(CC)c2ccc(N=C=O)c(CC)c2)ccc1N=C=O. The van der Waals surface area contributed by atoms with Crippen LogP contribution in [0.1, 0.15) is 55.4 Å². The van der Waals surface area contributed by atoms with E-state index in [2.05, 4.69) is 29.0 Å². The molecule has 0 aliphatic rings. The largest absolute Gasteiger partial charge is 0.240 e. The third-order valence-electron chi connectivity index (χ3n) is 4.51. The van der Waals surface area contributed by atoms with Gasteiger partial charge in [-0.15, -0.1) is 0 Å². The summed E-state index contributed by atoms with van der Waals surface area (Å²) in [6.07, 6.45) is 5.79. The van der Waals surface area contributed by atoms with Crippen molar-refractivity contribution in [2.24, 2.45) is 9.98 Å². The average Bonchev–Trinajstić information content (AvgIpc) is 2.64. The maximum absolute atomic E-state index is 10.6. The zero-order valence-corrected chi connectivity index (χ0v) is 14.9. The quantitative estimate of drug-likeness (QED) is 0.510. The van der Waals surface area contributed by atoms with Crippen LogP contribution in [0.15, 0.2) is 46.4 Å². The Hall–Kier alpha value is -2.80. The van der Waals surface area contributed by atoms with Crippen LogP contribution in [0, 0.1) is 0 Å². The second-order valence-corrected chi connectivity index (χ2v) is 5.85. The van der Waals surface area contributed by atoms with Crippen molar-refractivity contribution in [2.45, 2.75) is 46.0 Å². The van der Waals surface area contributed by atoms with Gasteiger partial charge in [0.1, 0.15) is 0 Å². The van der Waals surface area contributed by atoms with Crippen LogP contribution >= 0.6 is 0 Å². The lowest BCUT2D eigenvalue weighted by atomic mass is 9.86. The summed E-state index contributed by atoms with van der Waals surface area (Å²) < 4.78 is 0. The van der Waals surface area contributed by atoms with Gasteiger partial charge in [-0.25, -0.2) is 9.59 Å². The Morgan fingerprint density at radius 1 is 0.800 bits per heavy atom. The molecule has 0 aromatic heterocycles. The molecule has 0 saturated heterocycles. The van der Waals surface area contributed by atoms with Gasteiger partial charge < -0.3 is 0 Å². The monoisotopic (exact) mass is 334 g/mol. The van der Waals surface area contributed by atoms with Crippen molar-refractivity contribution >= 4 is 23.5 Å². The van der Waals surface area contributed by atoms with Gasteiger partial charge in [-0.1, -0.05) is 45.0 Å². The molecule has 0 bridgehead atoms. The summed E-state index contributed by atoms with van der Waals surface area (Å²) >= 11 is 0. The maximum Gasteiger partial charge on any atom is 0.240 e. The van der Waals surface area contributed by atoms with Crippen LogP contribution in [0.5, 0.6) is 0 Å². The summed E-state index contributed by atoms with van der Waals surface area (Å²) in [4.78, 5) is 28.7. The topological polar surface area (TPSA) is 58.9 Å². The zero-order valence-electron chi connectivity index (χ0n) is 14.9. The van der Waals surface area contributed by atoms with E-state index in [1.54, 1.807) is 12.2 Å². The highest BCUT2D eigenvalue weighted by Crippen LogP contribution is 2.34. The number of aliphatic imine (C=N–C) groups is 2. The smallest absolute Gasteiger partial charge is 0.211 e. The minimum Gasteiger partial charge on any atom is -0.211 e. The highest BCUT2D eigenvalue weighted by molar-refractivity contribution is 5.57. The van der Waals surface area contributed by atoms with E-state index >= 15 is 0 Å². The van der Waals surface area contributed by atoms with Crippen LogP contribution in [0.2, 0.25) is 0 Å². The summed E-state index contributed by atoms with van der Waals surface area (Å²) in [5.41, 5.74) is 5.83. The first kappa shape index (κ1) is 18.5. The van der Waals surface area contributed by atoms with E-state index in [1.165, 1.54) is 11.1 Å². The van der Waals surface area contributed by atoms with Crippen LogP contribution in [-0.4, -0.2) is 12.2 Å². The molecule has 2 aromatic rings. The Bertz CT molecular complexity index is 775. The standard InChI is InChI=1S/C21H22N2O2/c1-4-15-11-17(7-9-20(15)22-13-24)19(6-3)18-8-10-21(23-14-25)16(5-2)12-18/h7-12,19H,4-6H2,1-3H3. The normalized spacial score (nSPS) is 11.3. The molecule has 25 heavy (non-hydrogen) atoms. The Morgan fingerprint density at radius 2 is 1.24 bits per heavy atom. The van der Waals surface area contributed by atoms with Gasteiger partial charge in [-0.2, -0.15) is 9.98 Å². The van der Waals surface area contributed by atoms with E-state index in [1.807, 2.05) is 38.1 Å². The lowest BCUT2D eigenvalue weighted by Gasteiger charge is -2.19. The summed E-state index contributed by atoms with van der Waals surface area (Å²) in [5.74, 6) is 0.235. The fourth-order valence-corrected chi connectivity index (χ4v) is 3.19. The highest BCUT2D eigenvalue weighted by atomic mass is 16.1. The van der Waals surface area contributed by atoms with Crippen LogP contribution in [0.4, 0.5) is 11.4 Å². The lowest BCUT2D eigenvalue weighted by Crippen LogP contribution is -2.02. The third kappa shape index (κ3) is 4.19. The molecule has 2 aromatic carbocycles. The molecule has 4 heteroatoms.